The molecule has 0 amide bonds. The van der Waals surface area contributed by atoms with E-state index in [1.165, 1.54) is 0 Å². The number of ether oxygens (including phenoxy) is 2. The number of methoxy groups -OCH3 is 1. The molecule has 0 saturated carbocycles. The molecule has 0 bridgehead atoms. The van der Waals surface area contributed by atoms with E-state index in [9.17, 15) is 4.79 Å². The highest BCUT2D eigenvalue weighted by Crippen LogP contribution is 2.48. The van der Waals surface area contributed by atoms with Gasteiger partial charge in [0, 0.05) is 24.3 Å². The summed E-state index contributed by atoms with van der Waals surface area (Å²) in [5.41, 5.74) is 3.41. The highest BCUT2D eigenvalue weighted by Gasteiger charge is 2.43. The highest BCUT2D eigenvalue weighted by atomic mass is 16.5. The van der Waals surface area contributed by atoms with Gasteiger partial charge < -0.3 is 14.0 Å². The Bertz CT molecular complexity index is 1300. The molecule has 2 aromatic carbocycles. The molecule has 0 radical (unpaired) electrons. The maximum Gasteiger partial charge on any atom is 0.228 e. The Labute approximate surface area is 193 Å². The number of benzene rings is 2. The first-order valence-corrected chi connectivity index (χ1v) is 11.1. The lowest BCUT2D eigenvalue weighted by Crippen LogP contribution is -2.37. The molecule has 2 aliphatic rings. The molecule has 1 aromatic heterocycles. The van der Waals surface area contributed by atoms with Gasteiger partial charge in [0.25, 0.3) is 0 Å². The molecular formula is C27H27N3O3. The number of carbonyl (C=O) groups excluding carboxylic acids is 1. The van der Waals surface area contributed by atoms with Gasteiger partial charge in [0.1, 0.15) is 23.3 Å². The number of nitrogens with one attached hydrogen (secondary N) is 1. The molecule has 2 heterocycles. The van der Waals surface area contributed by atoms with Gasteiger partial charge in [0.2, 0.25) is 5.88 Å². The zero-order chi connectivity index (χ0) is 23.2. The fraction of sp³-hybridized carbons (Fsp3) is 0.296. The van der Waals surface area contributed by atoms with Crippen LogP contribution in [0.2, 0.25) is 0 Å². The van der Waals surface area contributed by atoms with Crippen LogP contribution in [0, 0.1) is 10.8 Å². The summed E-state index contributed by atoms with van der Waals surface area (Å²) >= 11 is 0. The largest absolute Gasteiger partial charge is 0.497 e. The second-order valence-corrected chi connectivity index (χ2v) is 9.51. The van der Waals surface area contributed by atoms with E-state index >= 15 is 0 Å². The first-order chi connectivity index (χ1) is 15.9. The van der Waals surface area contributed by atoms with Gasteiger partial charge in [-0.1, -0.05) is 56.3 Å². The SMILES string of the molecule is COc1ccc([C@H]2C3=C(CC(C)(C)CC3=O)Oc3ncn(Cc4ccccc4)c(=N)c32)cc1. The Hall–Kier alpha value is -3.67. The van der Waals surface area contributed by atoms with Crippen LogP contribution in [0.4, 0.5) is 0 Å². The van der Waals surface area contributed by atoms with Gasteiger partial charge in [0.05, 0.1) is 19.2 Å². The third-order valence-electron chi connectivity index (χ3n) is 6.41. The topological polar surface area (TPSA) is 77.2 Å². The van der Waals surface area contributed by atoms with Crippen molar-refractivity contribution in [3.8, 4) is 11.6 Å². The molecule has 1 aliphatic carbocycles. The number of fused-ring (bicyclic) bond motifs is 1. The molecule has 5 rings (SSSR count). The van der Waals surface area contributed by atoms with Gasteiger partial charge in [-0.3, -0.25) is 10.2 Å². The molecule has 168 valence electrons. The zero-order valence-electron chi connectivity index (χ0n) is 19.1. The van der Waals surface area contributed by atoms with Crippen LogP contribution in [0.5, 0.6) is 11.6 Å². The van der Waals surface area contributed by atoms with Crippen molar-refractivity contribution in [1.29, 1.82) is 5.41 Å². The fourth-order valence-electron chi connectivity index (χ4n) is 4.83. The van der Waals surface area contributed by atoms with Crippen molar-refractivity contribution in [3.63, 3.8) is 0 Å². The number of ketones is 1. The number of aromatic nitrogens is 2. The van der Waals surface area contributed by atoms with E-state index < -0.39 is 5.92 Å². The van der Waals surface area contributed by atoms with Gasteiger partial charge in [-0.15, -0.1) is 0 Å². The Morgan fingerprint density at radius 2 is 1.85 bits per heavy atom. The van der Waals surface area contributed by atoms with Crippen molar-refractivity contribution < 1.29 is 14.3 Å². The Kier molecular flexibility index (Phi) is 5.16. The average Bonchev–Trinajstić information content (AvgIpc) is 2.80. The molecule has 1 aliphatic heterocycles. The van der Waals surface area contributed by atoms with Crippen LogP contribution in [0.1, 0.15) is 49.3 Å². The number of hydrogen-bond donors (Lipinski definition) is 1. The lowest BCUT2D eigenvalue weighted by molar-refractivity contribution is -0.118. The maximum atomic E-state index is 13.4. The normalized spacial score (nSPS) is 18.9. The summed E-state index contributed by atoms with van der Waals surface area (Å²) < 4.78 is 13.3. The van der Waals surface area contributed by atoms with Gasteiger partial charge in [-0.25, -0.2) is 4.98 Å². The van der Waals surface area contributed by atoms with Crippen LogP contribution in [0.25, 0.3) is 0 Å². The van der Waals surface area contributed by atoms with Gasteiger partial charge in [-0.2, -0.15) is 0 Å². The van der Waals surface area contributed by atoms with Crippen LogP contribution in [0.3, 0.4) is 0 Å². The summed E-state index contributed by atoms with van der Waals surface area (Å²) in [7, 11) is 1.63. The van der Waals surface area contributed by atoms with E-state index in [0.717, 1.165) is 16.9 Å². The van der Waals surface area contributed by atoms with Crippen LogP contribution in [-0.2, 0) is 11.3 Å². The molecule has 0 spiro atoms. The Morgan fingerprint density at radius 3 is 2.55 bits per heavy atom. The van der Waals surface area contributed by atoms with Crippen LogP contribution >= 0.6 is 0 Å². The van der Waals surface area contributed by atoms with Crippen LogP contribution in [0.15, 0.2) is 72.3 Å². The molecule has 1 N–H and O–H groups in total. The molecule has 0 fully saturated rings. The van der Waals surface area contributed by atoms with E-state index in [1.54, 1.807) is 18.0 Å². The second kappa shape index (κ2) is 8.03. The predicted octanol–water partition coefficient (Wildman–Crippen LogP) is 4.59. The Balaban J connectivity index is 1.68. The standard InChI is InChI=1S/C27H27N3O3/c1-27(2)13-20(31)23-21(14-27)33-26-24(22(23)18-9-11-19(32-3)12-10-18)25(28)30(16-29-26)15-17-7-5-4-6-8-17/h4-12,16,22,28H,13-15H2,1-3H3/t22-/m0/s1. The number of nitrogens with zero attached hydrogens (tertiary/aromatic N) is 2. The van der Waals surface area contributed by atoms with Crippen molar-refractivity contribution in [2.24, 2.45) is 5.41 Å². The van der Waals surface area contributed by atoms with E-state index in [0.29, 0.717) is 47.6 Å². The third kappa shape index (κ3) is 3.86. The molecular weight excluding hydrogens is 414 g/mol. The number of rotatable bonds is 4. The molecule has 0 saturated heterocycles. The summed E-state index contributed by atoms with van der Waals surface area (Å²) in [6, 6.07) is 17.7. The molecule has 6 heteroatoms. The lowest BCUT2D eigenvalue weighted by Gasteiger charge is -2.38. The fourth-order valence-corrected chi connectivity index (χ4v) is 4.83. The predicted molar refractivity (Wildman–Crippen MR) is 124 cm³/mol. The van der Waals surface area contributed by atoms with Gasteiger partial charge >= 0.3 is 0 Å². The minimum atomic E-state index is -0.401. The third-order valence-corrected chi connectivity index (χ3v) is 6.41. The van der Waals surface area contributed by atoms with Crippen molar-refractivity contribution in [1.82, 2.24) is 9.55 Å². The monoisotopic (exact) mass is 441 g/mol. The first kappa shape index (κ1) is 21.2. The van der Waals surface area contributed by atoms with E-state index in [2.05, 4.69) is 18.8 Å². The summed E-state index contributed by atoms with van der Waals surface area (Å²) in [6.45, 7) is 4.68. The second-order valence-electron chi connectivity index (χ2n) is 9.51. The van der Waals surface area contributed by atoms with E-state index in [-0.39, 0.29) is 11.2 Å². The van der Waals surface area contributed by atoms with Crippen molar-refractivity contribution >= 4 is 5.78 Å². The van der Waals surface area contributed by atoms with Crippen LogP contribution < -0.4 is 15.0 Å². The molecule has 33 heavy (non-hydrogen) atoms. The van der Waals surface area contributed by atoms with Crippen LogP contribution in [-0.4, -0.2) is 22.4 Å². The quantitative estimate of drug-likeness (QED) is 0.643. The minimum Gasteiger partial charge on any atom is -0.497 e. The van der Waals surface area contributed by atoms with E-state index in [4.69, 9.17) is 14.9 Å². The number of carbonyl (C=O) groups is 1. The summed E-state index contributed by atoms with van der Waals surface area (Å²) in [6.07, 6.45) is 2.77. The Morgan fingerprint density at radius 1 is 1.12 bits per heavy atom. The minimum absolute atomic E-state index is 0.0746. The maximum absolute atomic E-state index is 13.4. The lowest BCUT2D eigenvalue weighted by atomic mass is 9.70. The highest BCUT2D eigenvalue weighted by molar-refractivity contribution is 6.00. The van der Waals surface area contributed by atoms with Crippen molar-refractivity contribution in [3.05, 3.63) is 94.4 Å². The van der Waals surface area contributed by atoms with Gasteiger partial charge in [-0.05, 0) is 28.7 Å². The molecule has 6 nitrogen and oxygen atoms in total. The van der Waals surface area contributed by atoms with Crippen molar-refractivity contribution in [2.75, 3.05) is 7.11 Å². The molecule has 0 unspecified atom stereocenters. The van der Waals surface area contributed by atoms with Crippen molar-refractivity contribution in [2.45, 2.75) is 39.2 Å². The molecule has 1 atom stereocenters. The summed E-state index contributed by atoms with van der Waals surface area (Å²) in [5, 5.41) is 9.07. The number of allylic oxidation sites excluding steroid dienone is 2. The summed E-state index contributed by atoms with van der Waals surface area (Å²) in [5.74, 6) is 1.51. The number of hydrogen-bond acceptors (Lipinski definition) is 5. The van der Waals surface area contributed by atoms with Gasteiger partial charge in [0.15, 0.2) is 5.78 Å². The average molecular weight is 442 g/mol. The number of Topliss-reactive ketones (excluding diaryl/α,β-unsaturated/α-hetero) is 1. The smallest absolute Gasteiger partial charge is 0.228 e. The first-order valence-electron chi connectivity index (χ1n) is 11.1. The zero-order valence-corrected chi connectivity index (χ0v) is 19.1. The van der Waals surface area contributed by atoms with E-state index in [1.807, 2.05) is 54.6 Å². The summed E-state index contributed by atoms with van der Waals surface area (Å²) in [4.78, 5) is 18.0. The molecule has 3 aromatic rings.